The van der Waals surface area contributed by atoms with E-state index in [1.165, 1.54) is 24.0 Å². The second kappa shape index (κ2) is 6.70. The lowest BCUT2D eigenvalue weighted by Crippen LogP contribution is -2.15. The first-order chi connectivity index (χ1) is 9.15. The molecule has 0 aromatic carbocycles. The van der Waals surface area contributed by atoms with E-state index in [0.29, 0.717) is 15.2 Å². The summed E-state index contributed by atoms with van der Waals surface area (Å²) in [7, 11) is 0. The molecule has 2 aromatic heterocycles. The summed E-state index contributed by atoms with van der Waals surface area (Å²) in [6.07, 6.45) is 4.65. The molecule has 0 saturated carbocycles. The first kappa shape index (κ1) is 14.0. The maximum absolute atomic E-state index is 11.7. The van der Waals surface area contributed by atoms with Crippen LogP contribution in [0.1, 0.15) is 0 Å². The van der Waals surface area contributed by atoms with Crippen LogP contribution in [0.2, 0.25) is 10.0 Å². The summed E-state index contributed by atoms with van der Waals surface area (Å²) in [5.41, 5.74) is 0. The van der Waals surface area contributed by atoms with Gasteiger partial charge in [-0.2, -0.15) is 0 Å². The van der Waals surface area contributed by atoms with Gasteiger partial charge < -0.3 is 5.32 Å². The van der Waals surface area contributed by atoms with Crippen molar-refractivity contribution < 1.29 is 4.79 Å². The number of pyridine rings is 1. The van der Waals surface area contributed by atoms with E-state index in [2.05, 4.69) is 20.3 Å². The summed E-state index contributed by atoms with van der Waals surface area (Å²) in [6, 6.07) is 3.22. The summed E-state index contributed by atoms with van der Waals surface area (Å²) in [6.45, 7) is 0. The molecule has 2 rings (SSSR count). The minimum Gasteiger partial charge on any atom is -0.309 e. The van der Waals surface area contributed by atoms with E-state index in [-0.39, 0.29) is 17.5 Å². The summed E-state index contributed by atoms with van der Waals surface area (Å²) >= 11 is 12.8. The lowest BCUT2D eigenvalue weighted by atomic mass is 10.4. The molecule has 0 fully saturated rings. The van der Waals surface area contributed by atoms with Crippen LogP contribution >= 0.6 is 35.0 Å². The zero-order valence-electron chi connectivity index (χ0n) is 9.51. The monoisotopic (exact) mass is 314 g/mol. The van der Waals surface area contributed by atoms with Gasteiger partial charge in [-0.1, -0.05) is 35.0 Å². The van der Waals surface area contributed by atoms with Gasteiger partial charge in [-0.25, -0.2) is 15.0 Å². The Kier molecular flexibility index (Phi) is 4.95. The van der Waals surface area contributed by atoms with E-state index >= 15 is 0 Å². The average Bonchev–Trinajstić information content (AvgIpc) is 2.41. The number of halogens is 2. The molecule has 0 saturated heterocycles. The van der Waals surface area contributed by atoms with Gasteiger partial charge in [0.25, 0.3) is 0 Å². The smallest absolute Gasteiger partial charge is 0.236 e. The molecule has 8 heteroatoms. The maximum Gasteiger partial charge on any atom is 0.236 e. The molecule has 0 atom stereocenters. The average molecular weight is 315 g/mol. The van der Waals surface area contributed by atoms with Gasteiger partial charge in [-0.05, 0) is 12.1 Å². The number of carbonyl (C=O) groups excluding carboxylic acids is 1. The minimum atomic E-state index is -0.242. The Morgan fingerprint density at radius 1 is 1.26 bits per heavy atom. The number of hydrogen-bond acceptors (Lipinski definition) is 5. The minimum absolute atomic E-state index is 0.171. The van der Waals surface area contributed by atoms with E-state index in [9.17, 15) is 4.79 Å². The number of nitrogens with one attached hydrogen (secondary N) is 1. The molecule has 1 amide bonds. The van der Waals surface area contributed by atoms with E-state index in [1.807, 2.05) is 0 Å². The molecule has 1 N–H and O–H groups in total. The van der Waals surface area contributed by atoms with Crippen molar-refractivity contribution in [2.75, 3.05) is 11.1 Å². The zero-order valence-corrected chi connectivity index (χ0v) is 11.8. The first-order valence-corrected chi connectivity index (χ1v) is 6.90. The Morgan fingerprint density at radius 2 is 2.00 bits per heavy atom. The van der Waals surface area contributed by atoms with Gasteiger partial charge in [-0.3, -0.25) is 4.79 Å². The molecule has 0 aliphatic carbocycles. The van der Waals surface area contributed by atoms with Crippen LogP contribution < -0.4 is 5.32 Å². The Morgan fingerprint density at radius 3 is 2.68 bits per heavy atom. The normalized spacial score (nSPS) is 10.2. The number of rotatable bonds is 4. The van der Waals surface area contributed by atoms with Crippen LogP contribution in [0.25, 0.3) is 0 Å². The third kappa shape index (κ3) is 4.34. The quantitative estimate of drug-likeness (QED) is 0.694. The summed E-state index contributed by atoms with van der Waals surface area (Å²) < 4.78 is 0. The van der Waals surface area contributed by atoms with E-state index in [0.717, 1.165) is 0 Å². The first-order valence-electron chi connectivity index (χ1n) is 5.16. The van der Waals surface area contributed by atoms with Crippen LogP contribution in [0.5, 0.6) is 0 Å². The van der Waals surface area contributed by atoms with Crippen LogP contribution in [0.15, 0.2) is 35.9 Å². The summed E-state index contributed by atoms with van der Waals surface area (Å²) in [4.78, 5) is 23.6. The van der Waals surface area contributed by atoms with Crippen molar-refractivity contribution in [1.29, 1.82) is 0 Å². The van der Waals surface area contributed by atoms with Crippen molar-refractivity contribution >= 4 is 46.7 Å². The maximum atomic E-state index is 11.7. The fraction of sp³-hybridized carbons (Fsp3) is 0.0909. The molecule has 0 unspecified atom stereocenters. The molecule has 0 spiro atoms. The van der Waals surface area contributed by atoms with E-state index in [4.69, 9.17) is 23.2 Å². The van der Waals surface area contributed by atoms with Crippen molar-refractivity contribution in [3.8, 4) is 0 Å². The molecule has 0 bridgehead atoms. The number of thioether (sulfide) groups is 1. The van der Waals surface area contributed by atoms with Gasteiger partial charge in [0, 0.05) is 18.6 Å². The fourth-order valence-corrected chi connectivity index (χ4v) is 2.20. The fourth-order valence-electron chi connectivity index (χ4n) is 1.16. The molecule has 2 heterocycles. The van der Waals surface area contributed by atoms with Crippen LogP contribution in [0, 0.1) is 0 Å². The van der Waals surface area contributed by atoms with Gasteiger partial charge in [0.2, 0.25) is 5.91 Å². The van der Waals surface area contributed by atoms with Crippen LogP contribution in [-0.2, 0) is 4.79 Å². The Balaban J connectivity index is 1.91. The molecular formula is C11H8Cl2N4OS. The number of anilines is 1. The largest absolute Gasteiger partial charge is 0.309 e. The Hall–Kier alpha value is -1.37. The molecule has 0 radical (unpaired) electrons. The number of amides is 1. The summed E-state index contributed by atoms with van der Waals surface area (Å²) in [5, 5.41) is 3.83. The van der Waals surface area contributed by atoms with Gasteiger partial charge in [-0.15, -0.1) is 0 Å². The molecule has 2 aromatic rings. The predicted octanol–water partition coefficient (Wildman–Crippen LogP) is 2.91. The molecule has 0 aliphatic rings. The van der Waals surface area contributed by atoms with Gasteiger partial charge >= 0.3 is 0 Å². The number of aromatic nitrogens is 3. The van der Waals surface area contributed by atoms with Crippen molar-refractivity contribution in [3.05, 3.63) is 40.8 Å². The highest BCUT2D eigenvalue weighted by Crippen LogP contribution is 2.22. The van der Waals surface area contributed by atoms with Crippen molar-refractivity contribution in [3.63, 3.8) is 0 Å². The number of hydrogen-bond donors (Lipinski definition) is 1. The topological polar surface area (TPSA) is 67.8 Å². The second-order valence-corrected chi connectivity index (χ2v) is 5.14. The van der Waals surface area contributed by atoms with Crippen LogP contribution in [-0.4, -0.2) is 26.6 Å². The highest BCUT2D eigenvalue weighted by molar-refractivity contribution is 7.99. The highest BCUT2D eigenvalue weighted by Gasteiger charge is 2.09. The third-order valence-corrected chi connectivity index (χ3v) is 3.31. The van der Waals surface area contributed by atoms with Crippen molar-refractivity contribution in [1.82, 2.24) is 15.0 Å². The third-order valence-electron chi connectivity index (χ3n) is 1.94. The second-order valence-electron chi connectivity index (χ2n) is 3.35. The van der Waals surface area contributed by atoms with Crippen LogP contribution in [0.3, 0.4) is 0 Å². The Bertz CT molecular complexity index is 582. The number of carbonyl (C=O) groups is 1. The van der Waals surface area contributed by atoms with Gasteiger partial charge in [0.1, 0.15) is 0 Å². The van der Waals surface area contributed by atoms with E-state index < -0.39 is 0 Å². The summed E-state index contributed by atoms with van der Waals surface area (Å²) in [5.74, 6) is 0.213. The standard InChI is InChI=1S/C11H8Cl2N4OS/c12-7-4-8(13)10(16-5-7)17-9(18)6-19-11-14-2-1-3-15-11/h1-5H,6H2,(H,16,17,18). The molecular weight excluding hydrogens is 307 g/mol. The van der Waals surface area contributed by atoms with Gasteiger partial charge in [0.15, 0.2) is 11.0 Å². The molecule has 19 heavy (non-hydrogen) atoms. The number of nitrogens with zero attached hydrogens (tertiary/aromatic N) is 3. The predicted molar refractivity (Wildman–Crippen MR) is 75.6 cm³/mol. The van der Waals surface area contributed by atoms with Crippen LogP contribution in [0.4, 0.5) is 5.82 Å². The Labute approximate surface area is 123 Å². The zero-order chi connectivity index (χ0) is 13.7. The lowest BCUT2D eigenvalue weighted by Gasteiger charge is -2.05. The molecule has 98 valence electrons. The van der Waals surface area contributed by atoms with E-state index in [1.54, 1.807) is 18.5 Å². The highest BCUT2D eigenvalue weighted by atomic mass is 35.5. The molecule has 0 aliphatic heterocycles. The lowest BCUT2D eigenvalue weighted by molar-refractivity contribution is -0.113. The van der Waals surface area contributed by atoms with Crippen molar-refractivity contribution in [2.45, 2.75) is 5.16 Å². The SMILES string of the molecule is O=C(CSc1ncccn1)Nc1ncc(Cl)cc1Cl. The molecule has 5 nitrogen and oxygen atoms in total. The van der Waals surface area contributed by atoms with Gasteiger partial charge in [0.05, 0.1) is 15.8 Å². The van der Waals surface area contributed by atoms with Crippen molar-refractivity contribution in [2.24, 2.45) is 0 Å².